The smallest absolute Gasteiger partial charge is 0.224 e. The van der Waals surface area contributed by atoms with E-state index in [2.05, 4.69) is 5.32 Å². The van der Waals surface area contributed by atoms with E-state index in [1.165, 1.54) is 12.1 Å². The van der Waals surface area contributed by atoms with Gasteiger partial charge in [0.15, 0.2) is 0 Å². The fraction of sp³-hybridized carbons (Fsp3) is 0.364. The van der Waals surface area contributed by atoms with E-state index in [-0.39, 0.29) is 17.2 Å². The van der Waals surface area contributed by atoms with Crippen LogP contribution in [0, 0.1) is 17.6 Å². The molecule has 1 aliphatic heterocycles. The number of hydrogen-bond acceptors (Lipinski definition) is 1. The van der Waals surface area contributed by atoms with Gasteiger partial charge in [0.05, 0.1) is 5.92 Å². The third kappa shape index (κ3) is 1.11. The fourth-order valence-corrected chi connectivity index (χ4v) is 2.47. The zero-order chi connectivity index (χ0) is 10.6. The van der Waals surface area contributed by atoms with Crippen LogP contribution in [-0.2, 0) is 10.2 Å². The third-order valence-corrected chi connectivity index (χ3v) is 3.41. The Bertz CT molecular complexity index is 440. The number of carbonyl (C=O) groups is 1. The normalized spacial score (nSPS) is 32.4. The van der Waals surface area contributed by atoms with Crippen LogP contribution >= 0.6 is 0 Å². The zero-order valence-corrected chi connectivity index (χ0v) is 7.89. The minimum Gasteiger partial charge on any atom is -0.355 e. The molecule has 1 aromatic rings. The largest absolute Gasteiger partial charge is 0.355 e. The number of piperidine rings is 1. The first-order valence-corrected chi connectivity index (χ1v) is 4.86. The summed E-state index contributed by atoms with van der Waals surface area (Å²) >= 11 is 0. The van der Waals surface area contributed by atoms with Crippen molar-refractivity contribution in [2.45, 2.75) is 11.8 Å². The minimum absolute atomic E-state index is 0.000306. The Morgan fingerprint density at radius 2 is 1.93 bits per heavy atom. The standard InChI is InChI=1S/C11H9F2NO/c12-7-1-6(2-8(13)3-7)11-4-9(11)10(15)14-5-11/h1-3,9H,4-5H2,(H,14,15). The zero-order valence-electron chi connectivity index (χ0n) is 7.89. The van der Waals surface area contributed by atoms with E-state index >= 15 is 0 Å². The minimum atomic E-state index is -0.579. The summed E-state index contributed by atoms with van der Waals surface area (Å²) < 4.78 is 26.0. The highest BCUT2D eigenvalue weighted by atomic mass is 19.1. The maximum absolute atomic E-state index is 13.0. The molecular formula is C11H9F2NO. The Balaban J connectivity index is 2.04. The molecule has 1 saturated heterocycles. The first kappa shape index (κ1) is 8.83. The topological polar surface area (TPSA) is 29.1 Å². The van der Waals surface area contributed by atoms with Crippen molar-refractivity contribution < 1.29 is 13.6 Å². The van der Waals surface area contributed by atoms with Gasteiger partial charge in [-0.05, 0) is 24.1 Å². The van der Waals surface area contributed by atoms with Crippen molar-refractivity contribution in [3.8, 4) is 0 Å². The van der Waals surface area contributed by atoms with Gasteiger partial charge in [-0.3, -0.25) is 4.79 Å². The van der Waals surface area contributed by atoms with Gasteiger partial charge in [0.1, 0.15) is 11.6 Å². The molecule has 1 aliphatic carbocycles. The van der Waals surface area contributed by atoms with Gasteiger partial charge in [-0.15, -0.1) is 0 Å². The van der Waals surface area contributed by atoms with Crippen molar-refractivity contribution in [1.82, 2.24) is 5.32 Å². The fourth-order valence-electron chi connectivity index (χ4n) is 2.47. The Morgan fingerprint density at radius 3 is 2.40 bits per heavy atom. The van der Waals surface area contributed by atoms with Crippen LogP contribution in [0.5, 0.6) is 0 Å². The average molecular weight is 209 g/mol. The van der Waals surface area contributed by atoms with Gasteiger partial charge in [-0.1, -0.05) is 0 Å². The first-order chi connectivity index (χ1) is 7.12. The molecule has 1 amide bonds. The molecule has 2 aliphatic rings. The highest BCUT2D eigenvalue weighted by Crippen LogP contribution is 2.57. The molecule has 15 heavy (non-hydrogen) atoms. The number of benzene rings is 1. The number of halogens is 2. The monoisotopic (exact) mass is 209 g/mol. The van der Waals surface area contributed by atoms with Crippen LogP contribution < -0.4 is 5.32 Å². The summed E-state index contributed by atoms with van der Waals surface area (Å²) in [6, 6.07) is 3.49. The average Bonchev–Trinajstić information content (AvgIpc) is 2.82. The molecule has 3 rings (SSSR count). The van der Waals surface area contributed by atoms with Crippen molar-refractivity contribution in [2.24, 2.45) is 5.92 Å². The molecule has 0 radical (unpaired) electrons. The van der Waals surface area contributed by atoms with Crippen molar-refractivity contribution in [2.75, 3.05) is 6.54 Å². The molecule has 1 N–H and O–H groups in total. The molecule has 0 spiro atoms. The lowest BCUT2D eigenvalue weighted by molar-refractivity contribution is -0.120. The number of carbonyl (C=O) groups excluding carboxylic acids is 1. The molecule has 0 bridgehead atoms. The molecule has 2 nitrogen and oxygen atoms in total. The molecule has 2 atom stereocenters. The lowest BCUT2D eigenvalue weighted by Crippen LogP contribution is -2.22. The van der Waals surface area contributed by atoms with E-state index in [0.717, 1.165) is 6.07 Å². The quantitative estimate of drug-likeness (QED) is 0.743. The Kier molecular flexibility index (Phi) is 1.51. The molecule has 1 heterocycles. The van der Waals surface area contributed by atoms with Crippen molar-refractivity contribution in [3.05, 3.63) is 35.4 Å². The summed E-state index contributed by atoms with van der Waals surface area (Å²) in [7, 11) is 0. The van der Waals surface area contributed by atoms with Crippen LogP contribution in [0.2, 0.25) is 0 Å². The van der Waals surface area contributed by atoms with Crippen LogP contribution in [0.4, 0.5) is 8.78 Å². The van der Waals surface area contributed by atoms with Gasteiger partial charge in [0.25, 0.3) is 0 Å². The van der Waals surface area contributed by atoms with Gasteiger partial charge in [0.2, 0.25) is 5.91 Å². The Morgan fingerprint density at radius 1 is 1.27 bits per heavy atom. The second kappa shape index (κ2) is 2.56. The van der Waals surface area contributed by atoms with Crippen LogP contribution in [-0.4, -0.2) is 12.5 Å². The maximum atomic E-state index is 13.0. The van der Waals surface area contributed by atoms with Gasteiger partial charge < -0.3 is 5.32 Å². The second-order valence-corrected chi connectivity index (χ2v) is 4.29. The molecular weight excluding hydrogens is 200 g/mol. The number of amides is 1. The molecule has 78 valence electrons. The number of rotatable bonds is 1. The summed E-state index contributed by atoms with van der Waals surface area (Å²) in [6.45, 7) is 0.499. The second-order valence-electron chi connectivity index (χ2n) is 4.29. The molecule has 4 heteroatoms. The van der Waals surface area contributed by atoms with E-state index in [4.69, 9.17) is 0 Å². The summed E-state index contributed by atoms with van der Waals surface area (Å²) in [5.74, 6) is -1.24. The lowest BCUT2D eigenvalue weighted by Gasteiger charge is -2.11. The molecule has 2 fully saturated rings. The van der Waals surface area contributed by atoms with E-state index in [9.17, 15) is 13.6 Å². The van der Waals surface area contributed by atoms with Crippen LogP contribution in [0.15, 0.2) is 18.2 Å². The van der Waals surface area contributed by atoms with Crippen LogP contribution in [0.3, 0.4) is 0 Å². The third-order valence-electron chi connectivity index (χ3n) is 3.41. The van der Waals surface area contributed by atoms with Gasteiger partial charge in [-0.25, -0.2) is 8.78 Å². The highest BCUT2D eigenvalue weighted by molar-refractivity contribution is 5.88. The summed E-state index contributed by atoms with van der Waals surface area (Å²) in [4.78, 5) is 11.3. The first-order valence-electron chi connectivity index (χ1n) is 4.86. The summed E-state index contributed by atoms with van der Waals surface area (Å²) in [6.07, 6.45) is 0.710. The predicted octanol–water partition coefficient (Wildman–Crippen LogP) is 1.35. The lowest BCUT2D eigenvalue weighted by atomic mass is 9.95. The maximum Gasteiger partial charge on any atom is 0.224 e. The molecule has 1 aromatic carbocycles. The van der Waals surface area contributed by atoms with Crippen LogP contribution in [0.1, 0.15) is 12.0 Å². The summed E-state index contributed by atoms with van der Waals surface area (Å²) in [5.41, 5.74) is 0.267. The molecule has 2 unspecified atom stereocenters. The van der Waals surface area contributed by atoms with Gasteiger partial charge in [0, 0.05) is 18.0 Å². The van der Waals surface area contributed by atoms with Crippen molar-refractivity contribution >= 4 is 5.91 Å². The summed E-state index contributed by atoms with van der Waals surface area (Å²) in [5, 5.41) is 2.71. The predicted molar refractivity (Wildman–Crippen MR) is 49.2 cm³/mol. The molecule has 1 saturated carbocycles. The number of hydrogen-bond donors (Lipinski definition) is 1. The Hall–Kier alpha value is -1.45. The highest BCUT2D eigenvalue weighted by Gasteiger charge is 2.63. The van der Waals surface area contributed by atoms with E-state index in [1.54, 1.807) is 0 Å². The SMILES string of the molecule is O=C1NCC2(c3cc(F)cc(F)c3)CC12. The van der Waals surface area contributed by atoms with Crippen molar-refractivity contribution in [1.29, 1.82) is 0 Å². The van der Waals surface area contributed by atoms with Gasteiger partial charge in [-0.2, -0.15) is 0 Å². The van der Waals surface area contributed by atoms with E-state index < -0.39 is 11.6 Å². The van der Waals surface area contributed by atoms with Crippen LogP contribution in [0.25, 0.3) is 0 Å². The molecule has 0 aromatic heterocycles. The van der Waals surface area contributed by atoms with Crippen molar-refractivity contribution in [3.63, 3.8) is 0 Å². The number of fused-ring (bicyclic) bond motifs is 1. The Labute approximate surface area is 85.3 Å². The van der Waals surface area contributed by atoms with Gasteiger partial charge >= 0.3 is 0 Å². The van der Waals surface area contributed by atoms with E-state index in [1.807, 2.05) is 0 Å². The van der Waals surface area contributed by atoms with E-state index in [0.29, 0.717) is 18.5 Å². The number of nitrogens with one attached hydrogen (secondary N) is 1.